The van der Waals surface area contributed by atoms with E-state index >= 15 is 0 Å². The Balaban J connectivity index is 1.84. The van der Waals surface area contributed by atoms with Gasteiger partial charge in [-0.05, 0) is 53.9 Å². The molecule has 0 aliphatic rings. The molecule has 0 saturated carbocycles. The summed E-state index contributed by atoms with van der Waals surface area (Å²) in [6.45, 7) is 1.84. The summed E-state index contributed by atoms with van der Waals surface area (Å²) >= 11 is 3.45. The van der Waals surface area contributed by atoms with E-state index in [1.807, 2.05) is 61.5 Å². The summed E-state index contributed by atoms with van der Waals surface area (Å²) in [5.74, 6) is -0.286. The zero-order chi connectivity index (χ0) is 33.1. The Morgan fingerprint density at radius 2 is 1.50 bits per heavy atom. The number of methoxy groups -OCH3 is 2. The second kappa shape index (κ2) is 16.3. The van der Waals surface area contributed by atoms with Crippen LogP contribution in [0.3, 0.4) is 0 Å². The normalized spacial score (nSPS) is 11.7. The number of halogens is 1. The van der Waals surface area contributed by atoms with Crippen LogP contribution in [0.4, 0.5) is 5.69 Å². The average molecular weight is 709 g/mol. The van der Waals surface area contributed by atoms with Crippen LogP contribution in [0, 0.1) is 0 Å². The highest BCUT2D eigenvalue weighted by molar-refractivity contribution is 9.10. The van der Waals surface area contributed by atoms with Crippen molar-refractivity contribution in [3.05, 3.63) is 119 Å². The third-order valence-corrected chi connectivity index (χ3v) is 9.65. The van der Waals surface area contributed by atoms with Gasteiger partial charge in [0.25, 0.3) is 10.0 Å². The fraction of sp³-hybridized carbons (Fsp3) is 0.257. The predicted molar refractivity (Wildman–Crippen MR) is 182 cm³/mol. The van der Waals surface area contributed by atoms with Crippen molar-refractivity contribution in [1.29, 1.82) is 0 Å². The maximum absolute atomic E-state index is 14.6. The van der Waals surface area contributed by atoms with Crippen LogP contribution in [-0.2, 0) is 32.6 Å². The number of anilines is 1. The first-order chi connectivity index (χ1) is 22.2. The minimum absolute atomic E-state index is 0.00587. The molecule has 11 heteroatoms. The molecule has 0 aliphatic carbocycles. The van der Waals surface area contributed by atoms with Gasteiger partial charge in [0.2, 0.25) is 11.8 Å². The van der Waals surface area contributed by atoms with Gasteiger partial charge in [-0.1, -0.05) is 83.5 Å². The topological polar surface area (TPSA) is 105 Å². The molecule has 9 nitrogen and oxygen atoms in total. The molecule has 4 aromatic carbocycles. The lowest BCUT2D eigenvalue weighted by atomic mass is 10.0. The quantitative estimate of drug-likeness (QED) is 0.167. The minimum atomic E-state index is -4.29. The largest absolute Gasteiger partial charge is 0.497 e. The number of carbonyl (C=O) groups excluding carboxylic acids is 2. The molecule has 1 N–H and O–H groups in total. The van der Waals surface area contributed by atoms with Crippen LogP contribution < -0.4 is 19.1 Å². The predicted octanol–water partition coefficient (Wildman–Crippen LogP) is 5.83. The molecule has 0 aliphatic heterocycles. The van der Waals surface area contributed by atoms with Crippen LogP contribution in [0.2, 0.25) is 0 Å². The van der Waals surface area contributed by atoms with Crippen LogP contribution in [0.15, 0.2) is 112 Å². The molecule has 0 unspecified atom stereocenters. The van der Waals surface area contributed by atoms with E-state index in [4.69, 9.17) is 9.47 Å². The number of nitrogens with zero attached hydrogens (tertiary/aromatic N) is 2. The molecule has 46 heavy (non-hydrogen) atoms. The number of amides is 2. The molecule has 4 aromatic rings. The summed E-state index contributed by atoms with van der Waals surface area (Å²) in [4.78, 5) is 29.8. The van der Waals surface area contributed by atoms with Crippen molar-refractivity contribution < 1.29 is 27.5 Å². The zero-order valence-electron chi connectivity index (χ0n) is 26.1. The van der Waals surface area contributed by atoms with Gasteiger partial charge < -0.3 is 19.7 Å². The van der Waals surface area contributed by atoms with Crippen molar-refractivity contribution in [2.24, 2.45) is 0 Å². The Kier molecular flexibility index (Phi) is 12.2. The number of nitrogens with one attached hydrogen (secondary N) is 1. The fourth-order valence-corrected chi connectivity index (χ4v) is 6.63. The van der Waals surface area contributed by atoms with E-state index < -0.39 is 28.5 Å². The molecular formula is C35H38BrN3O6S. The number of carbonyl (C=O) groups is 2. The Hall–Kier alpha value is -4.35. The summed E-state index contributed by atoms with van der Waals surface area (Å²) in [7, 11) is -1.40. The van der Waals surface area contributed by atoms with Gasteiger partial charge in [-0.25, -0.2) is 8.42 Å². The maximum atomic E-state index is 14.6. The van der Waals surface area contributed by atoms with Gasteiger partial charge in [0.15, 0.2) is 0 Å². The number of hydrogen-bond donors (Lipinski definition) is 1. The van der Waals surface area contributed by atoms with Crippen LogP contribution in [-0.4, -0.2) is 58.5 Å². The third kappa shape index (κ3) is 8.67. The van der Waals surface area contributed by atoms with Gasteiger partial charge in [0.1, 0.15) is 24.1 Å². The highest BCUT2D eigenvalue weighted by atomic mass is 79.9. The molecule has 0 saturated heterocycles. The van der Waals surface area contributed by atoms with E-state index in [2.05, 4.69) is 21.2 Å². The molecule has 242 valence electrons. The summed E-state index contributed by atoms with van der Waals surface area (Å²) < 4.78 is 41.4. The van der Waals surface area contributed by atoms with Crippen LogP contribution in [0.1, 0.15) is 24.5 Å². The number of sulfonamides is 1. The van der Waals surface area contributed by atoms with E-state index in [1.54, 1.807) is 30.3 Å². The van der Waals surface area contributed by atoms with Gasteiger partial charge in [0.05, 0.1) is 24.8 Å². The molecule has 1 atom stereocenters. The van der Waals surface area contributed by atoms with Crippen LogP contribution in [0.5, 0.6) is 11.5 Å². The van der Waals surface area contributed by atoms with Gasteiger partial charge in [-0.2, -0.15) is 0 Å². The number of ether oxygens (including phenoxy) is 2. The second-order valence-corrected chi connectivity index (χ2v) is 13.3. The molecule has 4 rings (SSSR count). The highest BCUT2D eigenvalue weighted by Gasteiger charge is 2.35. The molecule has 2 amide bonds. The van der Waals surface area contributed by atoms with Crippen molar-refractivity contribution in [3.63, 3.8) is 0 Å². The number of rotatable bonds is 15. The minimum Gasteiger partial charge on any atom is -0.497 e. The number of benzene rings is 4. The van der Waals surface area contributed by atoms with Crippen molar-refractivity contribution in [3.8, 4) is 11.5 Å². The van der Waals surface area contributed by atoms with Crippen molar-refractivity contribution in [1.82, 2.24) is 10.2 Å². The maximum Gasteiger partial charge on any atom is 0.264 e. The fourth-order valence-electron chi connectivity index (χ4n) is 4.93. The van der Waals surface area contributed by atoms with Crippen molar-refractivity contribution >= 4 is 43.5 Å². The lowest BCUT2D eigenvalue weighted by molar-refractivity contribution is -0.140. The van der Waals surface area contributed by atoms with E-state index in [9.17, 15) is 18.0 Å². The highest BCUT2D eigenvalue weighted by Crippen LogP contribution is 2.36. The Morgan fingerprint density at radius 1 is 0.848 bits per heavy atom. The summed E-state index contributed by atoms with van der Waals surface area (Å²) in [6.07, 6.45) is 0.940. The monoisotopic (exact) mass is 707 g/mol. The summed E-state index contributed by atoms with van der Waals surface area (Å²) in [6, 6.07) is 28.5. The van der Waals surface area contributed by atoms with E-state index in [0.717, 1.165) is 19.9 Å². The first-order valence-corrected chi connectivity index (χ1v) is 17.1. The number of hydrogen-bond acceptors (Lipinski definition) is 6. The van der Waals surface area contributed by atoms with Gasteiger partial charge >= 0.3 is 0 Å². The average Bonchev–Trinajstić information content (AvgIpc) is 3.08. The molecule has 0 aromatic heterocycles. The molecule has 0 bridgehead atoms. The van der Waals surface area contributed by atoms with Crippen LogP contribution in [0.25, 0.3) is 0 Å². The SMILES string of the molecule is CCCNC(=O)[C@@H](Cc1ccccc1)N(Cc1ccc(Br)cc1)C(=O)CN(c1cc(OC)ccc1OC)S(=O)(=O)c1ccccc1. The molecular weight excluding hydrogens is 670 g/mol. The lowest BCUT2D eigenvalue weighted by Gasteiger charge is -2.34. The molecule has 0 heterocycles. The Bertz CT molecular complexity index is 1700. The molecule has 0 spiro atoms. The Morgan fingerprint density at radius 3 is 2.11 bits per heavy atom. The first-order valence-electron chi connectivity index (χ1n) is 14.8. The molecule has 0 radical (unpaired) electrons. The summed E-state index contributed by atoms with van der Waals surface area (Å²) in [5, 5.41) is 2.95. The first kappa shape index (κ1) is 34.5. The van der Waals surface area contributed by atoms with Crippen molar-refractivity contribution in [2.45, 2.75) is 37.2 Å². The summed E-state index contributed by atoms with van der Waals surface area (Å²) in [5.41, 5.74) is 1.75. The van der Waals surface area contributed by atoms with E-state index in [0.29, 0.717) is 18.7 Å². The van der Waals surface area contributed by atoms with Gasteiger partial charge in [-0.15, -0.1) is 0 Å². The standard InChI is InChI=1S/C35H38BrN3O6S/c1-4-21-37-35(41)32(22-26-11-7-5-8-12-26)38(24-27-15-17-28(36)18-16-27)34(40)25-39(46(42,43)30-13-9-6-10-14-30)31-23-29(44-2)19-20-33(31)45-3/h5-20,23,32H,4,21-22,24-25H2,1-3H3,(H,37,41)/t32-/m1/s1. The van der Waals surface area contributed by atoms with Gasteiger partial charge in [-0.3, -0.25) is 13.9 Å². The third-order valence-electron chi connectivity index (χ3n) is 7.35. The molecule has 0 fully saturated rings. The zero-order valence-corrected chi connectivity index (χ0v) is 28.5. The van der Waals surface area contributed by atoms with Gasteiger partial charge in [0, 0.05) is 30.0 Å². The van der Waals surface area contributed by atoms with Crippen LogP contribution >= 0.6 is 15.9 Å². The van der Waals surface area contributed by atoms with Crippen molar-refractivity contribution in [2.75, 3.05) is 31.6 Å². The van der Waals surface area contributed by atoms with E-state index in [1.165, 1.54) is 37.3 Å². The second-order valence-electron chi connectivity index (χ2n) is 10.5. The smallest absolute Gasteiger partial charge is 0.264 e. The van der Waals surface area contributed by atoms with E-state index in [-0.39, 0.29) is 35.2 Å². The Labute approximate surface area is 279 Å². The lowest BCUT2D eigenvalue weighted by Crippen LogP contribution is -2.53.